The minimum atomic E-state index is -0.978. The van der Waals surface area contributed by atoms with Gasteiger partial charge in [0.05, 0.1) is 0 Å². The molecule has 2 amide bonds. The predicted octanol–water partition coefficient (Wildman–Crippen LogP) is -0.0249. The summed E-state index contributed by atoms with van der Waals surface area (Å²) in [5.74, 6) is 0.0584. The largest absolute Gasteiger partial charge is 0.329 e. The fourth-order valence-corrected chi connectivity index (χ4v) is 3.04. The van der Waals surface area contributed by atoms with E-state index in [0.29, 0.717) is 13.1 Å². The molecule has 0 aliphatic carbocycles. The summed E-state index contributed by atoms with van der Waals surface area (Å²) in [6, 6.07) is -0.691. The van der Waals surface area contributed by atoms with Gasteiger partial charge in [-0.1, -0.05) is 0 Å². The number of piperazine rings is 1. The highest BCUT2D eigenvalue weighted by molar-refractivity contribution is 7.84. The molecule has 4 unspecified atom stereocenters. The molecule has 0 spiro atoms. The molecule has 2 aliphatic rings. The van der Waals surface area contributed by atoms with E-state index >= 15 is 0 Å². The Kier molecular flexibility index (Phi) is 3.75. The maximum atomic E-state index is 12.4. The van der Waals surface area contributed by atoms with Crippen LogP contribution in [-0.2, 0) is 20.4 Å². The van der Waals surface area contributed by atoms with Gasteiger partial charge < -0.3 is 9.80 Å². The molecule has 0 aromatic carbocycles. The minimum absolute atomic E-state index is 0.0249. The maximum absolute atomic E-state index is 12.4. The summed E-state index contributed by atoms with van der Waals surface area (Å²) in [6.07, 6.45) is 3.29. The number of carbonyl (C=O) groups excluding carboxylic acids is 2. The van der Waals surface area contributed by atoms with Crippen LogP contribution in [0.1, 0.15) is 26.7 Å². The molecule has 5 nitrogen and oxygen atoms in total. The molecule has 18 heavy (non-hydrogen) atoms. The van der Waals surface area contributed by atoms with Gasteiger partial charge in [-0.25, -0.2) is 0 Å². The molecule has 6 heteroatoms. The fraction of sp³-hybridized carbons (Fsp3) is 0.833. The SMILES string of the molecule is CC1C(=O)N2CCCC2C(=O)N1CC(C)S(C)=O. The average Bonchev–Trinajstić information content (AvgIpc) is 2.80. The molecule has 0 saturated carbocycles. The van der Waals surface area contributed by atoms with Crippen molar-refractivity contribution in [3.63, 3.8) is 0 Å². The molecule has 0 radical (unpaired) electrons. The zero-order valence-electron chi connectivity index (χ0n) is 11.1. The third-order valence-electron chi connectivity index (χ3n) is 3.95. The van der Waals surface area contributed by atoms with Crippen LogP contribution in [0.3, 0.4) is 0 Å². The molecule has 102 valence electrons. The van der Waals surface area contributed by atoms with Crippen LogP contribution in [0.15, 0.2) is 0 Å². The summed E-state index contributed by atoms with van der Waals surface area (Å²) in [6.45, 7) is 4.71. The predicted molar refractivity (Wildman–Crippen MR) is 69.4 cm³/mol. The highest BCUT2D eigenvalue weighted by atomic mass is 32.2. The van der Waals surface area contributed by atoms with Gasteiger partial charge in [-0.15, -0.1) is 0 Å². The van der Waals surface area contributed by atoms with Gasteiger partial charge in [0.1, 0.15) is 12.1 Å². The second kappa shape index (κ2) is 4.99. The topological polar surface area (TPSA) is 57.7 Å². The number of rotatable bonds is 3. The summed E-state index contributed by atoms with van der Waals surface area (Å²) in [5, 5.41) is -0.0999. The quantitative estimate of drug-likeness (QED) is 0.725. The Labute approximate surface area is 110 Å². The zero-order valence-corrected chi connectivity index (χ0v) is 11.9. The first-order chi connectivity index (χ1) is 8.43. The molecular weight excluding hydrogens is 252 g/mol. The first kappa shape index (κ1) is 13.5. The fourth-order valence-electron chi connectivity index (χ4n) is 2.67. The highest BCUT2D eigenvalue weighted by Crippen LogP contribution is 2.27. The van der Waals surface area contributed by atoms with Crippen molar-refractivity contribution in [2.45, 2.75) is 44.0 Å². The summed E-state index contributed by atoms with van der Waals surface area (Å²) >= 11 is 0. The smallest absolute Gasteiger partial charge is 0.246 e. The van der Waals surface area contributed by atoms with Gasteiger partial charge in [-0.2, -0.15) is 0 Å². The van der Waals surface area contributed by atoms with Gasteiger partial charge in [-0.05, 0) is 26.7 Å². The van der Waals surface area contributed by atoms with E-state index in [1.807, 2.05) is 6.92 Å². The Morgan fingerprint density at radius 3 is 2.67 bits per heavy atom. The van der Waals surface area contributed by atoms with E-state index in [9.17, 15) is 13.8 Å². The molecular formula is C12H20N2O3S. The summed E-state index contributed by atoms with van der Waals surface area (Å²) in [4.78, 5) is 27.8. The minimum Gasteiger partial charge on any atom is -0.329 e. The van der Waals surface area contributed by atoms with E-state index in [1.54, 1.807) is 23.0 Å². The summed E-state index contributed by atoms with van der Waals surface area (Å²) < 4.78 is 11.4. The molecule has 2 saturated heterocycles. The van der Waals surface area contributed by atoms with Crippen molar-refractivity contribution in [2.75, 3.05) is 19.3 Å². The zero-order chi connectivity index (χ0) is 13.4. The van der Waals surface area contributed by atoms with Gasteiger partial charge in [0.2, 0.25) is 11.8 Å². The summed E-state index contributed by atoms with van der Waals surface area (Å²) in [5.41, 5.74) is 0. The van der Waals surface area contributed by atoms with E-state index in [0.717, 1.165) is 12.8 Å². The lowest BCUT2D eigenvalue weighted by molar-refractivity contribution is -0.158. The third kappa shape index (κ3) is 2.18. The first-order valence-electron chi connectivity index (χ1n) is 6.36. The van der Waals surface area contributed by atoms with Crippen LogP contribution in [-0.4, -0.2) is 62.5 Å². The van der Waals surface area contributed by atoms with Crippen molar-refractivity contribution >= 4 is 22.6 Å². The van der Waals surface area contributed by atoms with Gasteiger partial charge >= 0.3 is 0 Å². The number of hydrogen-bond donors (Lipinski definition) is 0. The Hall–Kier alpha value is -0.910. The van der Waals surface area contributed by atoms with Crippen molar-refractivity contribution in [3.05, 3.63) is 0 Å². The highest BCUT2D eigenvalue weighted by Gasteiger charge is 2.46. The van der Waals surface area contributed by atoms with Gasteiger partial charge in [0, 0.05) is 35.4 Å². The monoisotopic (exact) mass is 272 g/mol. The molecule has 2 fully saturated rings. The lowest BCUT2D eigenvalue weighted by Crippen LogP contribution is -2.62. The summed E-state index contributed by atoms with van der Waals surface area (Å²) in [7, 11) is -0.978. The van der Waals surface area contributed by atoms with Crippen LogP contribution in [0, 0.1) is 0 Å². The third-order valence-corrected chi connectivity index (χ3v) is 5.23. The lowest BCUT2D eigenvalue weighted by Gasteiger charge is -2.41. The molecule has 4 atom stereocenters. The Balaban J connectivity index is 2.17. The van der Waals surface area contributed by atoms with Crippen LogP contribution in [0.5, 0.6) is 0 Å². The second-order valence-corrected chi connectivity index (χ2v) is 6.97. The molecule has 2 aliphatic heterocycles. The molecule has 0 N–H and O–H groups in total. The Morgan fingerprint density at radius 1 is 1.39 bits per heavy atom. The van der Waals surface area contributed by atoms with E-state index < -0.39 is 16.8 Å². The number of carbonyl (C=O) groups is 2. The number of amides is 2. The Morgan fingerprint density at radius 2 is 2.06 bits per heavy atom. The van der Waals surface area contributed by atoms with Gasteiger partial charge in [-0.3, -0.25) is 13.8 Å². The van der Waals surface area contributed by atoms with E-state index in [1.165, 1.54) is 0 Å². The van der Waals surface area contributed by atoms with Gasteiger partial charge in [0.15, 0.2) is 0 Å². The van der Waals surface area contributed by atoms with E-state index in [4.69, 9.17) is 0 Å². The molecule has 2 heterocycles. The van der Waals surface area contributed by atoms with E-state index in [-0.39, 0.29) is 23.1 Å². The maximum Gasteiger partial charge on any atom is 0.246 e. The van der Waals surface area contributed by atoms with Crippen molar-refractivity contribution in [2.24, 2.45) is 0 Å². The van der Waals surface area contributed by atoms with Crippen LogP contribution >= 0.6 is 0 Å². The van der Waals surface area contributed by atoms with Gasteiger partial charge in [0.25, 0.3) is 0 Å². The number of nitrogens with zero attached hydrogens (tertiary/aromatic N) is 2. The molecule has 0 bridgehead atoms. The first-order valence-corrected chi connectivity index (χ1v) is 7.98. The van der Waals surface area contributed by atoms with Crippen molar-refractivity contribution in [1.82, 2.24) is 9.80 Å². The molecule has 0 aromatic heterocycles. The standard InChI is InChI=1S/C12H20N2O3S/c1-8(18(3)17)7-14-9(2)11(15)13-6-4-5-10(13)12(14)16/h8-10H,4-7H2,1-3H3. The average molecular weight is 272 g/mol. The lowest BCUT2D eigenvalue weighted by atomic mass is 10.1. The number of fused-ring (bicyclic) bond motifs is 1. The number of hydrogen-bond acceptors (Lipinski definition) is 3. The molecule has 0 aromatic rings. The van der Waals surface area contributed by atoms with Crippen LogP contribution in [0.25, 0.3) is 0 Å². The normalized spacial score (nSPS) is 31.5. The van der Waals surface area contributed by atoms with Crippen LogP contribution in [0.4, 0.5) is 0 Å². The van der Waals surface area contributed by atoms with E-state index in [2.05, 4.69) is 0 Å². The van der Waals surface area contributed by atoms with Crippen LogP contribution < -0.4 is 0 Å². The second-order valence-electron chi connectivity index (χ2n) is 5.17. The van der Waals surface area contributed by atoms with Crippen molar-refractivity contribution < 1.29 is 13.8 Å². The Bertz CT molecular complexity index is 399. The van der Waals surface area contributed by atoms with Crippen molar-refractivity contribution in [1.29, 1.82) is 0 Å². The molecule has 2 rings (SSSR count). The van der Waals surface area contributed by atoms with Crippen molar-refractivity contribution in [3.8, 4) is 0 Å². The van der Waals surface area contributed by atoms with Crippen LogP contribution in [0.2, 0.25) is 0 Å².